The first-order chi connectivity index (χ1) is 18.0. The van der Waals surface area contributed by atoms with Gasteiger partial charge < -0.3 is 9.80 Å². The van der Waals surface area contributed by atoms with E-state index in [0.717, 1.165) is 49.3 Å². The molecule has 0 unspecified atom stereocenters. The molecule has 5 nitrogen and oxygen atoms in total. The number of hydrogen-bond donors (Lipinski definition) is 0. The van der Waals surface area contributed by atoms with Crippen molar-refractivity contribution in [2.45, 2.75) is 46.2 Å². The first kappa shape index (κ1) is 26.6. The summed E-state index contributed by atoms with van der Waals surface area (Å²) >= 11 is 0. The third-order valence-corrected chi connectivity index (χ3v) is 6.95. The number of hydrogen-bond acceptors (Lipinski definition) is 3. The lowest BCUT2D eigenvalue weighted by molar-refractivity contribution is -0.131. The van der Waals surface area contributed by atoms with Crippen LogP contribution in [-0.4, -0.2) is 47.8 Å². The molecule has 1 aliphatic heterocycles. The van der Waals surface area contributed by atoms with Gasteiger partial charge in [0.15, 0.2) is 0 Å². The largest absolute Gasteiger partial charge is 0.338 e. The van der Waals surface area contributed by atoms with Gasteiger partial charge in [-0.25, -0.2) is 4.39 Å². The second-order valence-electron chi connectivity index (χ2n) is 9.68. The van der Waals surface area contributed by atoms with Gasteiger partial charge in [-0.3, -0.25) is 14.5 Å². The van der Waals surface area contributed by atoms with Crippen LogP contribution in [0.4, 0.5) is 10.1 Å². The molecule has 3 aromatic rings. The SMILES string of the molecule is CCC(=O)N1CCCN(Cc2ccccc2)CCCN(C(=O)c2ccc(F)cc2)c2c(C)cccc2C1. The van der Waals surface area contributed by atoms with Crippen LogP contribution in [0, 0.1) is 12.7 Å². The Morgan fingerprint density at radius 3 is 2.24 bits per heavy atom. The van der Waals surface area contributed by atoms with Crippen LogP contribution in [0.1, 0.15) is 53.2 Å². The molecule has 6 heteroatoms. The average Bonchev–Trinajstić information content (AvgIpc) is 2.90. The highest BCUT2D eigenvalue weighted by Crippen LogP contribution is 2.29. The summed E-state index contributed by atoms with van der Waals surface area (Å²) in [5.74, 6) is -0.418. The van der Waals surface area contributed by atoms with E-state index in [4.69, 9.17) is 0 Å². The van der Waals surface area contributed by atoms with Gasteiger partial charge in [-0.05, 0) is 60.7 Å². The van der Waals surface area contributed by atoms with Gasteiger partial charge >= 0.3 is 0 Å². The van der Waals surface area contributed by atoms with Crippen LogP contribution in [0.3, 0.4) is 0 Å². The Morgan fingerprint density at radius 1 is 0.838 bits per heavy atom. The number of carbonyl (C=O) groups is 2. The number of benzene rings is 3. The minimum atomic E-state index is -0.368. The average molecular weight is 502 g/mol. The molecule has 0 radical (unpaired) electrons. The normalized spacial score (nSPS) is 15.4. The maximum atomic E-state index is 13.8. The van der Waals surface area contributed by atoms with Crippen molar-refractivity contribution in [2.75, 3.05) is 31.1 Å². The minimum absolute atomic E-state index is 0.107. The van der Waals surface area contributed by atoms with Crippen LogP contribution >= 0.6 is 0 Å². The Bertz CT molecular complexity index is 1200. The smallest absolute Gasteiger partial charge is 0.258 e. The first-order valence-corrected chi connectivity index (χ1v) is 13.2. The van der Waals surface area contributed by atoms with Crippen molar-refractivity contribution in [3.05, 3.63) is 101 Å². The highest BCUT2D eigenvalue weighted by atomic mass is 19.1. The molecule has 1 aliphatic rings. The summed E-state index contributed by atoms with van der Waals surface area (Å²) in [6.45, 7) is 8.06. The maximum absolute atomic E-state index is 13.8. The summed E-state index contributed by atoms with van der Waals surface area (Å²) in [6, 6.07) is 22.1. The summed E-state index contributed by atoms with van der Waals surface area (Å²) < 4.78 is 13.6. The van der Waals surface area contributed by atoms with E-state index < -0.39 is 0 Å². The van der Waals surface area contributed by atoms with Crippen molar-refractivity contribution in [1.82, 2.24) is 9.80 Å². The molecule has 194 valence electrons. The number of aryl methyl sites for hydroxylation is 1. The van der Waals surface area contributed by atoms with Crippen LogP contribution in [-0.2, 0) is 17.9 Å². The fourth-order valence-electron chi connectivity index (χ4n) is 5.07. The molecule has 0 saturated carbocycles. The summed E-state index contributed by atoms with van der Waals surface area (Å²) in [5, 5.41) is 0. The lowest BCUT2D eigenvalue weighted by Gasteiger charge is -2.32. The van der Waals surface area contributed by atoms with E-state index in [1.54, 1.807) is 12.1 Å². The van der Waals surface area contributed by atoms with E-state index in [-0.39, 0.29) is 17.6 Å². The molecule has 37 heavy (non-hydrogen) atoms. The van der Waals surface area contributed by atoms with Gasteiger partial charge in [0, 0.05) is 51.3 Å². The van der Waals surface area contributed by atoms with E-state index in [0.29, 0.717) is 31.6 Å². The van der Waals surface area contributed by atoms with E-state index >= 15 is 0 Å². The third kappa shape index (κ3) is 6.83. The van der Waals surface area contributed by atoms with Crippen LogP contribution in [0.5, 0.6) is 0 Å². The van der Waals surface area contributed by atoms with Crippen molar-refractivity contribution in [3.63, 3.8) is 0 Å². The van der Waals surface area contributed by atoms with Crippen molar-refractivity contribution in [2.24, 2.45) is 0 Å². The number of nitrogens with zero attached hydrogens (tertiary/aromatic N) is 3. The maximum Gasteiger partial charge on any atom is 0.258 e. The fraction of sp³-hybridized carbons (Fsp3) is 0.355. The number of anilines is 1. The molecule has 4 rings (SSSR count). The molecular formula is C31H36FN3O2. The van der Waals surface area contributed by atoms with E-state index in [1.807, 2.05) is 47.9 Å². The molecule has 2 amide bonds. The zero-order valence-corrected chi connectivity index (χ0v) is 21.8. The van der Waals surface area contributed by atoms with Crippen LogP contribution in [0.2, 0.25) is 0 Å². The molecule has 0 fully saturated rings. The molecule has 3 aromatic carbocycles. The van der Waals surface area contributed by atoms with Crippen LogP contribution in [0.25, 0.3) is 0 Å². The standard InChI is InChI=1S/C31H36FN3O2/c1-3-29(36)34-20-8-18-33(22-25-11-5-4-6-12-25)19-9-21-35(30-24(2)10-7-13-27(30)23-34)31(37)26-14-16-28(32)17-15-26/h4-7,10-17H,3,8-9,18-23H2,1-2H3. The van der Waals surface area contributed by atoms with Gasteiger partial charge in [0.2, 0.25) is 5.91 Å². The molecular weight excluding hydrogens is 465 g/mol. The molecule has 1 heterocycles. The Morgan fingerprint density at radius 2 is 1.54 bits per heavy atom. The predicted molar refractivity (Wildman–Crippen MR) is 146 cm³/mol. The van der Waals surface area contributed by atoms with Crippen molar-refractivity contribution in [3.8, 4) is 0 Å². The number of amides is 2. The monoisotopic (exact) mass is 501 g/mol. The second kappa shape index (κ2) is 12.6. The summed E-state index contributed by atoms with van der Waals surface area (Å²) in [7, 11) is 0. The topological polar surface area (TPSA) is 43.9 Å². The van der Waals surface area contributed by atoms with Crippen LogP contribution in [0.15, 0.2) is 72.8 Å². The number of halogens is 1. The number of carbonyl (C=O) groups excluding carboxylic acids is 2. The minimum Gasteiger partial charge on any atom is -0.338 e. The summed E-state index contributed by atoms with van der Waals surface area (Å²) in [5.41, 5.74) is 4.48. The van der Waals surface area contributed by atoms with Crippen molar-refractivity contribution < 1.29 is 14.0 Å². The molecule has 0 spiro atoms. The lowest BCUT2D eigenvalue weighted by Crippen LogP contribution is -2.39. The molecule has 0 bridgehead atoms. The highest BCUT2D eigenvalue weighted by molar-refractivity contribution is 6.07. The Kier molecular flexibility index (Phi) is 9.07. The van der Waals surface area contributed by atoms with Crippen molar-refractivity contribution in [1.29, 1.82) is 0 Å². The quantitative estimate of drug-likeness (QED) is 0.453. The van der Waals surface area contributed by atoms with Gasteiger partial charge in [0.05, 0.1) is 5.69 Å². The van der Waals surface area contributed by atoms with Gasteiger partial charge in [0.1, 0.15) is 5.82 Å². The molecule has 0 saturated heterocycles. The molecule has 0 atom stereocenters. The third-order valence-electron chi connectivity index (χ3n) is 6.95. The zero-order valence-electron chi connectivity index (χ0n) is 21.8. The van der Waals surface area contributed by atoms with Gasteiger partial charge in [-0.1, -0.05) is 55.5 Å². The Balaban J connectivity index is 1.70. The number of para-hydroxylation sites is 1. The van der Waals surface area contributed by atoms with Gasteiger partial charge in [-0.15, -0.1) is 0 Å². The Hall–Kier alpha value is -3.51. The molecule has 0 aromatic heterocycles. The van der Waals surface area contributed by atoms with Crippen LogP contribution < -0.4 is 4.90 Å². The van der Waals surface area contributed by atoms with Gasteiger partial charge in [-0.2, -0.15) is 0 Å². The van der Waals surface area contributed by atoms with E-state index in [2.05, 4.69) is 29.2 Å². The summed E-state index contributed by atoms with van der Waals surface area (Å²) in [6.07, 6.45) is 2.12. The Labute approximate surface area is 219 Å². The molecule has 0 N–H and O–H groups in total. The number of rotatable bonds is 4. The lowest BCUT2D eigenvalue weighted by atomic mass is 10.0. The summed E-state index contributed by atoms with van der Waals surface area (Å²) in [4.78, 5) is 32.9. The second-order valence-corrected chi connectivity index (χ2v) is 9.68. The first-order valence-electron chi connectivity index (χ1n) is 13.2. The van der Waals surface area contributed by atoms with E-state index in [9.17, 15) is 14.0 Å². The van der Waals surface area contributed by atoms with E-state index in [1.165, 1.54) is 17.7 Å². The predicted octanol–water partition coefficient (Wildman–Crippen LogP) is 5.82. The zero-order chi connectivity index (χ0) is 26.2. The molecule has 0 aliphatic carbocycles. The highest BCUT2D eigenvalue weighted by Gasteiger charge is 2.25. The fourth-order valence-corrected chi connectivity index (χ4v) is 5.07. The number of fused-ring (bicyclic) bond motifs is 1. The van der Waals surface area contributed by atoms with Gasteiger partial charge in [0.25, 0.3) is 5.91 Å². The van der Waals surface area contributed by atoms with Crippen molar-refractivity contribution >= 4 is 17.5 Å².